The Bertz CT molecular complexity index is 997. The number of rotatable bonds is 9. The molecule has 4 rings (SSSR count). The van der Waals surface area contributed by atoms with E-state index in [9.17, 15) is 4.79 Å². The smallest absolute Gasteiger partial charge is 0.317 e. The van der Waals surface area contributed by atoms with Gasteiger partial charge in [-0.25, -0.2) is 9.48 Å². The number of carbonyl (C=O) groups excluding carboxylic acids is 1. The lowest BCUT2D eigenvalue weighted by molar-refractivity contribution is 0.192. The van der Waals surface area contributed by atoms with Gasteiger partial charge in [0.2, 0.25) is 5.88 Å². The summed E-state index contributed by atoms with van der Waals surface area (Å²) in [4.78, 5) is 14.9. The summed E-state index contributed by atoms with van der Waals surface area (Å²) < 4.78 is 8.03. The summed E-state index contributed by atoms with van der Waals surface area (Å²) in [6, 6.07) is 19.8. The molecule has 1 saturated carbocycles. The van der Waals surface area contributed by atoms with E-state index in [1.165, 1.54) is 12.8 Å². The zero-order chi connectivity index (χ0) is 21.6. The van der Waals surface area contributed by atoms with Crippen molar-refractivity contribution in [2.45, 2.75) is 32.7 Å². The fourth-order valence-electron chi connectivity index (χ4n) is 3.62. The molecule has 0 saturated heterocycles. The lowest BCUT2D eigenvalue weighted by Crippen LogP contribution is -2.41. The van der Waals surface area contributed by atoms with E-state index in [0.717, 1.165) is 35.5 Å². The fourth-order valence-corrected chi connectivity index (χ4v) is 3.62. The molecule has 1 aromatic heterocycles. The maximum Gasteiger partial charge on any atom is 0.317 e. The number of urea groups is 1. The molecule has 2 aromatic carbocycles. The van der Waals surface area contributed by atoms with Crippen molar-refractivity contribution in [3.8, 4) is 22.9 Å². The van der Waals surface area contributed by atoms with Gasteiger partial charge in [-0.2, -0.15) is 5.10 Å². The predicted octanol–water partition coefficient (Wildman–Crippen LogP) is 5.21. The highest BCUT2D eigenvalue weighted by atomic mass is 16.5. The number of nitrogens with zero attached hydrogens (tertiary/aromatic N) is 3. The van der Waals surface area contributed by atoms with Crippen LogP contribution in [-0.4, -0.2) is 33.8 Å². The second kappa shape index (κ2) is 9.69. The van der Waals surface area contributed by atoms with Crippen molar-refractivity contribution in [1.82, 2.24) is 20.0 Å². The van der Waals surface area contributed by atoms with Crippen LogP contribution in [0.25, 0.3) is 11.3 Å². The van der Waals surface area contributed by atoms with Crippen LogP contribution in [0, 0.1) is 5.92 Å². The minimum Gasteiger partial charge on any atom is -0.439 e. The molecule has 162 valence electrons. The molecule has 1 heterocycles. The van der Waals surface area contributed by atoms with Crippen LogP contribution in [0.5, 0.6) is 11.6 Å². The molecule has 1 N–H and O–H groups in total. The fraction of sp³-hybridized carbons (Fsp3) is 0.360. The number of hydrogen-bond acceptors (Lipinski definition) is 3. The largest absolute Gasteiger partial charge is 0.439 e. The molecule has 1 aliphatic rings. The van der Waals surface area contributed by atoms with Gasteiger partial charge in [0.05, 0.1) is 12.1 Å². The molecule has 6 heteroatoms. The monoisotopic (exact) mass is 418 g/mol. The number of ether oxygens (including phenoxy) is 1. The first-order valence-electron chi connectivity index (χ1n) is 11.0. The average molecular weight is 419 g/mol. The van der Waals surface area contributed by atoms with E-state index in [0.29, 0.717) is 24.9 Å². The van der Waals surface area contributed by atoms with Crippen molar-refractivity contribution in [2.24, 2.45) is 13.0 Å². The molecule has 0 atom stereocenters. The Morgan fingerprint density at radius 1 is 1.13 bits per heavy atom. The number of hydrogen-bond donors (Lipinski definition) is 1. The lowest BCUT2D eigenvalue weighted by Gasteiger charge is -2.23. The van der Waals surface area contributed by atoms with Crippen molar-refractivity contribution in [1.29, 1.82) is 0 Å². The minimum atomic E-state index is -0.0257. The summed E-state index contributed by atoms with van der Waals surface area (Å²) in [6.07, 6.45) is 3.28. The Labute approximate surface area is 183 Å². The maximum absolute atomic E-state index is 12.9. The predicted molar refractivity (Wildman–Crippen MR) is 122 cm³/mol. The van der Waals surface area contributed by atoms with Crippen LogP contribution in [0.1, 0.15) is 31.7 Å². The number of benzene rings is 2. The minimum absolute atomic E-state index is 0.0257. The second-order valence-corrected chi connectivity index (χ2v) is 8.09. The van der Waals surface area contributed by atoms with Crippen LogP contribution in [0.4, 0.5) is 4.79 Å². The molecule has 0 radical (unpaired) electrons. The van der Waals surface area contributed by atoms with E-state index in [1.54, 1.807) is 4.68 Å². The van der Waals surface area contributed by atoms with Gasteiger partial charge in [0, 0.05) is 25.7 Å². The standard InChI is InChI=1S/C25H30N4O2/c1-3-16-26-25(30)29(17-19-14-15-19)18-22-23(20-10-6-4-7-11-20)27-28(2)24(22)31-21-12-8-5-9-13-21/h4-13,19H,3,14-18H2,1-2H3,(H,26,30). The normalized spacial score (nSPS) is 13.1. The summed E-state index contributed by atoms with van der Waals surface area (Å²) in [5.41, 5.74) is 2.78. The summed E-state index contributed by atoms with van der Waals surface area (Å²) >= 11 is 0. The average Bonchev–Trinajstić information content (AvgIpc) is 3.57. The van der Waals surface area contributed by atoms with E-state index in [2.05, 4.69) is 12.2 Å². The van der Waals surface area contributed by atoms with Gasteiger partial charge >= 0.3 is 6.03 Å². The Balaban J connectivity index is 1.70. The van der Waals surface area contributed by atoms with Crippen molar-refractivity contribution in [2.75, 3.05) is 13.1 Å². The van der Waals surface area contributed by atoms with E-state index in [1.807, 2.05) is 72.6 Å². The highest BCUT2D eigenvalue weighted by Crippen LogP contribution is 2.36. The van der Waals surface area contributed by atoms with Gasteiger partial charge in [0.1, 0.15) is 11.4 Å². The Morgan fingerprint density at radius 2 is 1.81 bits per heavy atom. The van der Waals surface area contributed by atoms with Gasteiger partial charge in [-0.05, 0) is 37.3 Å². The molecule has 3 aromatic rings. The number of para-hydroxylation sites is 1. The summed E-state index contributed by atoms with van der Waals surface area (Å²) in [7, 11) is 1.89. The van der Waals surface area contributed by atoms with Crippen LogP contribution < -0.4 is 10.1 Å². The zero-order valence-electron chi connectivity index (χ0n) is 18.3. The third-order valence-electron chi connectivity index (χ3n) is 5.43. The topological polar surface area (TPSA) is 59.4 Å². The molecule has 1 aliphatic carbocycles. The Kier molecular flexibility index (Phi) is 6.55. The second-order valence-electron chi connectivity index (χ2n) is 8.09. The Hall–Kier alpha value is -3.28. The molecule has 0 bridgehead atoms. The maximum atomic E-state index is 12.9. The molecular formula is C25H30N4O2. The van der Waals surface area contributed by atoms with Gasteiger partial charge in [-0.15, -0.1) is 0 Å². The molecule has 6 nitrogen and oxygen atoms in total. The molecular weight excluding hydrogens is 388 g/mol. The molecule has 0 unspecified atom stereocenters. The zero-order valence-corrected chi connectivity index (χ0v) is 18.3. The SMILES string of the molecule is CCCNC(=O)N(Cc1c(-c2ccccc2)nn(C)c1Oc1ccccc1)CC1CC1. The summed E-state index contributed by atoms with van der Waals surface area (Å²) in [5.74, 6) is 1.99. The number of amides is 2. The molecule has 31 heavy (non-hydrogen) atoms. The number of aryl methyl sites for hydroxylation is 1. The number of nitrogens with one attached hydrogen (secondary N) is 1. The Morgan fingerprint density at radius 3 is 2.45 bits per heavy atom. The molecule has 0 spiro atoms. The van der Waals surface area contributed by atoms with Gasteiger partial charge in [-0.3, -0.25) is 0 Å². The van der Waals surface area contributed by atoms with E-state index in [-0.39, 0.29) is 6.03 Å². The van der Waals surface area contributed by atoms with E-state index in [4.69, 9.17) is 9.84 Å². The first kappa shape index (κ1) is 21.0. The molecule has 1 fully saturated rings. The van der Waals surface area contributed by atoms with Gasteiger partial charge < -0.3 is 15.0 Å². The van der Waals surface area contributed by atoms with Crippen molar-refractivity contribution < 1.29 is 9.53 Å². The van der Waals surface area contributed by atoms with Gasteiger partial charge in [0.25, 0.3) is 0 Å². The van der Waals surface area contributed by atoms with Gasteiger partial charge in [-0.1, -0.05) is 55.5 Å². The third-order valence-corrected chi connectivity index (χ3v) is 5.43. The molecule has 0 aliphatic heterocycles. The van der Waals surface area contributed by atoms with Crippen LogP contribution in [-0.2, 0) is 13.6 Å². The van der Waals surface area contributed by atoms with E-state index >= 15 is 0 Å². The first-order chi connectivity index (χ1) is 15.2. The van der Waals surface area contributed by atoms with Crippen LogP contribution in [0.3, 0.4) is 0 Å². The number of aromatic nitrogens is 2. The van der Waals surface area contributed by atoms with Crippen molar-refractivity contribution in [3.63, 3.8) is 0 Å². The van der Waals surface area contributed by atoms with Crippen molar-refractivity contribution >= 4 is 6.03 Å². The van der Waals surface area contributed by atoms with Gasteiger partial charge in [0.15, 0.2) is 0 Å². The molecule has 2 amide bonds. The highest BCUT2D eigenvalue weighted by Gasteiger charge is 2.29. The lowest BCUT2D eigenvalue weighted by atomic mass is 10.1. The summed E-state index contributed by atoms with van der Waals surface area (Å²) in [6.45, 7) is 3.94. The quantitative estimate of drug-likeness (QED) is 0.519. The van der Waals surface area contributed by atoms with Crippen LogP contribution in [0.15, 0.2) is 60.7 Å². The summed E-state index contributed by atoms with van der Waals surface area (Å²) in [5, 5.41) is 7.82. The highest BCUT2D eigenvalue weighted by molar-refractivity contribution is 5.75. The third kappa shape index (κ3) is 5.26. The number of carbonyl (C=O) groups is 1. The van der Waals surface area contributed by atoms with Crippen molar-refractivity contribution in [3.05, 3.63) is 66.2 Å². The van der Waals surface area contributed by atoms with E-state index < -0.39 is 0 Å². The van der Waals surface area contributed by atoms with Crippen LogP contribution in [0.2, 0.25) is 0 Å². The van der Waals surface area contributed by atoms with Crippen LogP contribution >= 0.6 is 0 Å². The first-order valence-corrected chi connectivity index (χ1v) is 11.0.